The predicted octanol–water partition coefficient (Wildman–Crippen LogP) is 0.366. The predicted molar refractivity (Wildman–Crippen MR) is 133 cm³/mol. The van der Waals surface area contributed by atoms with Gasteiger partial charge in [-0.2, -0.15) is 0 Å². The second kappa shape index (κ2) is 15.0. The highest BCUT2D eigenvalue weighted by Gasteiger charge is 2.29. The third kappa shape index (κ3) is 12.3. The lowest BCUT2D eigenvalue weighted by atomic mass is 9.75. The molecule has 0 bridgehead atoms. The van der Waals surface area contributed by atoms with Gasteiger partial charge in [0.15, 0.2) is 5.03 Å². The third-order valence-corrected chi connectivity index (χ3v) is 5.01. The van der Waals surface area contributed by atoms with Crippen LogP contribution < -0.4 is 21.8 Å². The van der Waals surface area contributed by atoms with Crippen LogP contribution in [0.25, 0.3) is 6.08 Å². The highest BCUT2D eigenvalue weighted by atomic mass is 79.9. The van der Waals surface area contributed by atoms with E-state index in [1.54, 1.807) is 23.6 Å². The van der Waals surface area contributed by atoms with Gasteiger partial charge >= 0.3 is 7.12 Å². The number of nitrogens with zero attached hydrogens (tertiary/aromatic N) is 2. The van der Waals surface area contributed by atoms with Crippen molar-refractivity contribution >= 4 is 46.9 Å². The van der Waals surface area contributed by atoms with Crippen LogP contribution >= 0.6 is 15.9 Å². The molecule has 0 fully saturated rings. The number of hydrogen-bond acceptors (Lipinski definition) is 7. The molecule has 2 amide bonds. The van der Waals surface area contributed by atoms with E-state index in [1.807, 2.05) is 26.0 Å². The normalized spacial score (nSPS) is 13.4. The zero-order valence-corrected chi connectivity index (χ0v) is 20.6. The van der Waals surface area contributed by atoms with E-state index in [1.165, 1.54) is 6.08 Å². The average Bonchev–Trinajstić information content (AvgIpc) is 2.74. The first-order chi connectivity index (χ1) is 16.0. The summed E-state index contributed by atoms with van der Waals surface area (Å²) in [7, 11) is -1.77. The Kier molecular flexibility index (Phi) is 12.9. The van der Waals surface area contributed by atoms with Crippen LogP contribution in [0.4, 0.5) is 0 Å². The molecule has 1 aromatic rings. The zero-order valence-electron chi connectivity index (χ0n) is 19.0. The second-order valence-electron chi connectivity index (χ2n) is 7.88. The maximum absolute atomic E-state index is 12.8. The molecular formula is C20H30BBrN6O6. The monoisotopic (exact) mass is 540 g/mol. The lowest BCUT2D eigenvalue weighted by Gasteiger charge is -2.23. The first kappa shape index (κ1) is 29.1. The molecule has 2 atom stereocenters. The number of nitrogens with two attached hydrogens (primary N) is 1. The van der Waals surface area contributed by atoms with Gasteiger partial charge in [0.25, 0.3) is 5.96 Å². The molecule has 0 aliphatic heterocycles. The van der Waals surface area contributed by atoms with Gasteiger partial charge in [-0.15, -0.1) is 0 Å². The number of nitrogens with one attached hydrogen (secondary N) is 3. The van der Waals surface area contributed by atoms with Gasteiger partial charge in [0.1, 0.15) is 6.04 Å². The van der Waals surface area contributed by atoms with Crippen LogP contribution in [-0.2, 0) is 9.59 Å². The van der Waals surface area contributed by atoms with Gasteiger partial charge in [-0.1, -0.05) is 47.3 Å². The molecule has 0 aromatic heterocycles. The van der Waals surface area contributed by atoms with Gasteiger partial charge < -0.3 is 26.4 Å². The largest absolute Gasteiger partial charge is 0.475 e. The molecule has 0 aliphatic rings. The number of carbonyl (C=O) groups is 2. The molecule has 186 valence electrons. The second-order valence-corrected chi connectivity index (χ2v) is 8.80. The number of hydrogen-bond donors (Lipinski definition) is 6. The molecule has 0 unspecified atom stereocenters. The number of aliphatic imine (C=N–C) groups is 1. The molecule has 0 saturated carbocycles. The molecule has 7 N–H and O–H groups in total. The number of benzene rings is 1. The van der Waals surface area contributed by atoms with E-state index < -0.39 is 35.9 Å². The highest BCUT2D eigenvalue weighted by molar-refractivity contribution is 9.10. The summed E-state index contributed by atoms with van der Waals surface area (Å²) in [5.74, 6) is -2.33. The number of hydrazine groups is 1. The molecule has 0 spiro atoms. The van der Waals surface area contributed by atoms with Crippen LogP contribution in [-0.4, -0.2) is 58.5 Å². The Bertz CT molecular complexity index is 881. The van der Waals surface area contributed by atoms with Gasteiger partial charge in [0, 0.05) is 17.1 Å². The summed E-state index contributed by atoms with van der Waals surface area (Å²) in [6, 6.07) is 6.25. The maximum atomic E-state index is 12.8. The van der Waals surface area contributed by atoms with Crippen molar-refractivity contribution in [2.75, 3.05) is 6.54 Å². The Morgan fingerprint density at radius 3 is 2.47 bits per heavy atom. The van der Waals surface area contributed by atoms with Crippen LogP contribution in [0.1, 0.15) is 38.7 Å². The van der Waals surface area contributed by atoms with Crippen molar-refractivity contribution in [3.63, 3.8) is 0 Å². The third-order valence-electron chi connectivity index (χ3n) is 4.48. The number of nitro groups is 1. The number of guanidine groups is 1. The summed E-state index contributed by atoms with van der Waals surface area (Å²) in [5, 5.41) is 33.9. The fourth-order valence-electron chi connectivity index (χ4n) is 2.90. The summed E-state index contributed by atoms with van der Waals surface area (Å²) in [6.07, 6.45) is 3.60. The van der Waals surface area contributed by atoms with Crippen molar-refractivity contribution in [1.29, 1.82) is 0 Å². The van der Waals surface area contributed by atoms with Crippen molar-refractivity contribution in [1.82, 2.24) is 16.1 Å². The van der Waals surface area contributed by atoms with Gasteiger partial charge in [0.05, 0.1) is 5.94 Å². The summed E-state index contributed by atoms with van der Waals surface area (Å²) in [4.78, 5) is 39.4. The number of rotatable bonds is 13. The van der Waals surface area contributed by atoms with Crippen molar-refractivity contribution < 1.29 is 24.7 Å². The number of carbonyl (C=O) groups excluding carboxylic acids is 2. The first-order valence-corrected chi connectivity index (χ1v) is 11.4. The van der Waals surface area contributed by atoms with E-state index in [9.17, 15) is 29.8 Å². The zero-order chi connectivity index (χ0) is 25.7. The summed E-state index contributed by atoms with van der Waals surface area (Å²) in [6.45, 7) is 3.81. The topological polar surface area (TPSA) is 192 Å². The van der Waals surface area contributed by atoms with Gasteiger partial charge in [0.2, 0.25) is 11.8 Å². The number of amides is 2. The van der Waals surface area contributed by atoms with Crippen molar-refractivity contribution in [3.05, 3.63) is 50.5 Å². The number of halogens is 1. The standard InChI is InChI=1S/C20H30BBrN6O6/c1-13(2)12-17(21(31)32)26-19(30)16(4-3-11-24-20(23)27-28(33)34)25-18(29)10-7-14-5-8-15(22)9-6-14/h5-10,13,16-17,31-32H,3-4,11-12H2,1-2H3,(H,25,29)(H,26,30)(H3,23,24,27)/b10-7+/t16-,17-/m0/s1. The fourth-order valence-corrected chi connectivity index (χ4v) is 3.17. The summed E-state index contributed by atoms with van der Waals surface area (Å²) >= 11 is 3.33. The SMILES string of the molecule is CC(C)C[C@H](NC(=O)[C@H](CCCN=C(N)N[N+](=O)[O-])NC(=O)/C=C/c1ccc(Br)cc1)B(O)O. The lowest BCUT2D eigenvalue weighted by molar-refractivity contribution is -0.525. The minimum absolute atomic E-state index is 0.0686. The van der Waals surface area contributed by atoms with Gasteiger partial charge in [-0.25, -0.2) is 15.1 Å². The van der Waals surface area contributed by atoms with Crippen LogP contribution in [0.3, 0.4) is 0 Å². The summed E-state index contributed by atoms with van der Waals surface area (Å²) < 4.78 is 0.893. The Hall–Kier alpha value is -2.97. The Labute approximate surface area is 206 Å². The highest BCUT2D eigenvalue weighted by Crippen LogP contribution is 2.12. The summed E-state index contributed by atoms with van der Waals surface area (Å²) in [5.41, 5.74) is 7.85. The van der Waals surface area contributed by atoms with E-state index in [4.69, 9.17) is 5.73 Å². The molecular weight excluding hydrogens is 511 g/mol. The van der Waals surface area contributed by atoms with E-state index >= 15 is 0 Å². The lowest BCUT2D eigenvalue weighted by Crippen LogP contribution is -2.54. The van der Waals surface area contributed by atoms with Crippen LogP contribution in [0.2, 0.25) is 0 Å². The van der Waals surface area contributed by atoms with E-state index in [2.05, 4.69) is 31.6 Å². The minimum atomic E-state index is -1.77. The quantitative estimate of drug-likeness (QED) is 0.0392. The molecule has 1 aromatic carbocycles. The van der Waals surface area contributed by atoms with Crippen LogP contribution in [0.15, 0.2) is 39.8 Å². The van der Waals surface area contributed by atoms with E-state index in [0.29, 0.717) is 6.42 Å². The van der Waals surface area contributed by atoms with Crippen LogP contribution in [0.5, 0.6) is 0 Å². The average molecular weight is 541 g/mol. The van der Waals surface area contributed by atoms with Crippen molar-refractivity contribution in [3.8, 4) is 0 Å². The van der Waals surface area contributed by atoms with Crippen molar-refractivity contribution in [2.24, 2.45) is 16.6 Å². The molecule has 1 rings (SSSR count). The Balaban J connectivity index is 2.85. The minimum Gasteiger partial charge on any atom is -0.426 e. The van der Waals surface area contributed by atoms with E-state index in [0.717, 1.165) is 10.0 Å². The maximum Gasteiger partial charge on any atom is 0.475 e. The molecule has 0 heterocycles. The molecule has 12 nitrogen and oxygen atoms in total. The Morgan fingerprint density at radius 1 is 1.26 bits per heavy atom. The van der Waals surface area contributed by atoms with Crippen molar-refractivity contribution in [2.45, 2.75) is 45.1 Å². The van der Waals surface area contributed by atoms with Crippen LogP contribution in [0, 0.1) is 16.0 Å². The van der Waals surface area contributed by atoms with E-state index in [-0.39, 0.29) is 31.3 Å². The van der Waals surface area contributed by atoms with Gasteiger partial charge in [-0.3, -0.25) is 9.59 Å². The smallest absolute Gasteiger partial charge is 0.426 e. The molecule has 0 saturated heterocycles. The molecule has 0 radical (unpaired) electrons. The van der Waals surface area contributed by atoms with Gasteiger partial charge in [-0.05, 0) is 49.0 Å². The first-order valence-electron chi connectivity index (χ1n) is 10.6. The molecule has 34 heavy (non-hydrogen) atoms. The molecule has 14 heteroatoms. The molecule has 0 aliphatic carbocycles. The Morgan fingerprint density at radius 2 is 1.91 bits per heavy atom. The fraction of sp³-hybridized carbons (Fsp3) is 0.450.